The number of benzene rings is 1. The summed E-state index contributed by atoms with van der Waals surface area (Å²) in [6.45, 7) is 8.45. The van der Waals surface area contributed by atoms with E-state index in [4.69, 9.17) is 4.98 Å². The summed E-state index contributed by atoms with van der Waals surface area (Å²) in [5, 5.41) is 10.5. The first-order valence-corrected chi connectivity index (χ1v) is 7.82. The second-order valence-corrected chi connectivity index (χ2v) is 6.12. The molecule has 0 N–H and O–H groups in total. The smallest absolute Gasteiger partial charge is 0.219 e. The molecule has 0 spiro atoms. The lowest BCUT2D eigenvalue weighted by molar-refractivity contribution is -0.129. The van der Waals surface area contributed by atoms with Gasteiger partial charge < -0.3 is 9.80 Å². The summed E-state index contributed by atoms with van der Waals surface area (Å²) >= 11 is 0. The van der Waals surface area contributed by atoms with Crippen molar-refractivity contribution in [3.8, 4) is 6.07 Å². The van der Waals surface area contributed by atoms with Crippen molar-refractivity contribution in [3.05, 3.63) is 34.9 Å². The molecule has 1 aromatic carbocycles. The van der Waals surface area contributed by atoms with Crippen molar-refractivity contribution in [1.82, 2.24) is 9.88 Å². The first-order valence-electron chi connectivity index (χ1n) is 7.82. The molecule has 0 aliphatic carbocycles. The molecule has 0 radical (unpaired) electrons. The summed E-state index contributed by atoms with van der Waals surface area (Å²) in [6.07, 6.45) is 0. The molecule has 2 heterocycles. The van der Waals surface area contributed by atoms with Crippen molar-refractivity contribution in [3.63, 3.8) is 0 Å². The zero-order valence-electron chi connectivity index (χ0n) is 13.8. The van der Waals surface area contributed by atoms with Gasteiger partial charge >= 0.3 is 0 Å². The lowest BCUT2D eigenvalue weighted by atomic mass is 10.0. The third-order valence-electron chi connectivity index (χ3n) is 4.38. The number of hydrogen-bond acceptors (Lipinski definition) is 4. The monoisotopic (exact) mass is 308 g/mol. The van der Waals surface area contributed by atoms with E-state index >= 15 is 0 Å². The Morgan fingerprint density at radius 2 is 1.87 bits per heavy atom. The zero-order chi connectivity index (χ0) is 16.6. The molecule has 1 fully saturated rings. The van der Waals surface area contributed by atoms with Gasteiger partial charge in [0, 0.05) is 38.5 Å². The maximum Gasteiger partial charge on any atom is 0.219 e. The lowest BCUT2D eigenvalue weighted by Crippen LogP contribution is -2.48. The fraction of sp³-hybridized carbons (Fsp3) is 0.389. The third-order valence-corrected chi connectivity index (χ3v) is 4.38. The molecule has 118 valence electrons. The predicted molar refractivity (Wildman–Crippen MR) is 90.4 cm³/mol. The SMILES string of the molecule is CC(=O)N1CCN(c2nc3c(C)cc(C)cc3cc2C#N)CC1. The van der Waals surface area contributed by atoms with Crippen molar-refractivity contribution in [2.45, 2.75) is 20.8 Å². The Hall–Kier alpha value is -2.61. The Labute approximate surface area is 136 Å². The van der Waals surface area contributed by atoms with E-state index in [0.29, 0.717) is 31.7 Å². The van der Waals surface area contributed by atoms with E-state index < -0.39 is 0 Å². The molecule has 1 saturated heterocycles. The van der Waals surface area contributed by atoms with Crippen LogP contribution in [0.1, 0.15) is 23.6 Å². The highest BCUT2D eigenvalue weighted by Crippen LogP contribution is 2.27. The average Bonchev–Trinajstić information content (AvgIpc) is 2.53. The first kappa shape index (κ1) is 15.3. The molecule has 2 aromatic rings. The van der Waals surface area contributed by atoms with Gasteiger partial charge in [-0.3, -0.25) is 4.79 Å². The van der Waals surface area contributed by atoms with Gasteiger partial charge in [0.2, 0.25) is 5.91 Å². The summed E-state index contributed by atoms with van der Waals surface area (Å²) in [7, 11) is 0. The van der Waals surface area contributed by atoms with E-state index in [2.05, 4.69) is 23.1 Å². The van der Waals surface area contributed by atoms with Crippen LogP contribution in [-0.4, -0.2) is 42.0 Å². The minimum Gasteiger partial charge on any atom is -0.352 e. The van der Waals surface area contributed by atoms with E-state index in [0.717, 1.165) is 22.3 Å². The summed E-state index contributed by atoms with van der Waals surface area (Å²) in [5.74, 6) is 0.832. The van der Waals surface area contributed by atoms with Crippen molar-refractivity contribution in [2.75, 3.05) is 31.1 Å². The van der Waals surface area contributed by atoms with E-state index in [1.54, 1.807) is 6.92 Å². The highest BCUT2D eigenvalue weighted by atomic mass is 16.2. The normalized spacial score (nSPS) is 14.9. The molecule has 0 unspecified atom stereocenters. The highest BCUT2D eigenvalue weighted by Gasteiger charge is 2.22. The Kier molecular flexibility index (Phi) is 3.91. The number of amides is 1. The molecule has 1 amide bonds. The quantitative estimate of drug-likeness (QED) is 0.811. The predicted octanol–water partition coefficient (Wildman–Crippen LogP) is 2.39. The number of pyridine rings is 1. The molecule has 0 atom stereocenters. The van der Waals surface area contributed by atoms with Crippen LogP contribution in [0.2, 0.25) is 0 Å². The molecule has 0 bridgehead atoms. The van der Waals surface area contributed by atoms with Crippen molar-refractivity contribution in [1.29, 1.82) is 5.26 Å². The maximum absolute atomic E-state index is 11.5. The Morgan fingerprint density at radius 1 is 1.17 bits per heavy atom. The van der Waals surface area contributed by atoms with Crippen LogP contribution >= 0.6 is 0 Å². The minimum absolute atomic E-state index is 0.1000. The molecule has 23 heavy (non-hydrogen) atoms. The second-order valence-electron chi connectivity index (χ2n) is 6.12. The van der Waals surface area contributed by atoms with Crippen LogP contribution in [0, 0.1) is 25.2 Å². The van der Waals surface area contributed by atoms with Gasteiger partial charge in [0.05, 0.1) is 11.1 Å². The first-order chi connectivity index (χ1) is 11.0. The van der Waals surface area contributed by atoms with Gasteiger partial charge in [-0.2, -0.15) is 5.26 Å². The summed E-state index contributed by atoms with van der Waals surface area (Å²) < 4.78 is 0. The zero-order valence-corrected chi connectivity index (χ0v) is 13.8. The second kappa shape index (κ2) is 5.88. The minimum atomic E-state index is 0.1000. The van der Waals surface area contributed by atoms with Crippen LogP contribution in [0.4, 0.5) is 5.82 Å². The standard InChI is InChI=1S/C18H20N4O/c1-12-8-13(2)17-15(9-12)10-16(11-19)18(20-17)22-6-4-21(5-7-22)14(3)23/h8-10H,4-7H2,1-3H3. The Bertz CT molecular complexity index is 814. The topological polar surface area (TPSA) is 60.2 Å². The van der Waals surface area contributed by atoms with Crippen LogP contribution < -0.4 is 4.90 Å². The Balaban J connectivity index is 2.01. The molecule has 0 saturated carbocycles. The number of nitrogens with zero attached hydrogens (tertiary/aromatic N) is 4. The molecule has 5 nitrogen and oxygen atoms in total. The molecule has 1 aliphatic heterocycles. The van der Waals surface area contributed by atoms with Gasteiger partial charge in [-0.15, -0.1) is 0 Å². The van der Waals surface area contributed by atoms with Crippen LogP contribution in [0.15, 0.2) is 18.2 Å². The fourth-order valence-corrected chi connectivity index (χ4v) is 3.20. The van der Waals surface area contributed by atoms with E-state index in [1.165, 1.54) is 5.56 Å². The summed E-state index contributed by atoms with van der Waals surface area (Å²) in [5.41, 5.74) is 3.83. The number of nitriles is 1. The fourth-order valence-electron chi connectivity index (χ4n) is 3.20. The maximum atomic E-state index is 11.5. The highest BCUT2D eigenvalue weighted by molar-refractivity contribution is 5.86. The molecule has 1 aliphatic rings. The van der Waals surface area contributed by atoms with Gasteiger partial charge in [0.25, 0.3) is 0 Å². The number of aryl methyl sites for hydroxylation is 2. The number of carbonyl (C=O) groups excluding carboxylic acids is 1. The van der Waals surface area contributed by atoms with Crippen molar-refractivity contribution >= 4 is 22.6 Å². The molecule has 5 heteroatoms. The number of aromatic nitrogens is 1. The van der Waals surface area contributed by atoms with Gasteiger partial charge in [-0.05, 0) is 31.5 Å². The molecular formula is C18H20N4O. The van der Waals surface area contributed by atoms with E-state index in [9.17, 15) is 10.1 Å². The van der Waals surface area contributed by atoms with Gasteiger partial charge in [0.1, 0.15) is 11.9 Å². The van der Waals surface area contributed by atoms with E-state index in [1.807, 2.05) is 24.8 Å². The van der Waals surface area contributed by atoms with Crippen LogP contribution in [0.25, 0.3) is 10.9 Å². The van der Waals surface area contributed by atoms with Gasteiger partial charge in [0.15, 0.2) is 0 Å². The summed E-state index contributed by atoms with van der Waals surface area (Å²) in [4.78, 5) is 20.2. The Morgan fingerprint density at radius 3 is 2.48 bits per heavy atom. The number of fused-ring (bicyclic) bond motifs is 1. The number of hydrogen-bond donors (Lipinski definition) is 0. The largest absolute Gasteiger partial charge is 0.352 e. The lowest BCUT2D eigenvalue weighted by Gasteiger charge is -2.35. The molecular weight excluding hydrogens is 288 g/mol. The number of anilines is 1. The van der Waals surface area contributed by atoms with Crippen molar-refractivity contribution in [2.24, 2.45) is 0 Å². The van der Waals surface area contributed by atoms with Crippen LogP contribution in [0.3, 0.4) is 0 Å². The number of piperazine rings is 1. The van der Waals surface area contributed by atoms with Crippen LogP contribution in [0.5, 0.6) is 0 Å². The molecule has 3 rings (SSSR count). The van der Waals surface area contributed by atoms with E-state index in [-0.39, 0.29) is 5.91 Å². The third kappa shape index (κ3) is 2.85. The van der Waals surface area contributed by atoms with Crippen molar-refractivity contribution < 1.29 is 4.79 Å². The summed E-state index contributed by atoms with van der Waals surface area (Å²) in [6, 6.07) is 8.37. The number of rotatable bonds is 1. The molecule has 1 aromatic heterocycles. The van der Waals surface area contributed by atoms with Crippen LogP contribution in [-0.2, 0) is 4.79 Å². The number of carbonyl (C=O) groups is 1. The average molecular weight is 308 g/mol. The van der Waals surface area contributed by atoms with Gasteiger partial charge in [-0.1, -0.05) is 11.6 Å². The van der Waals surface area contributed by atoms with Gasteiger partial charge in [-0.25, -0.2) is 4.98 Å².